The van der Waals surface area contributed by atoms with Gasteiger partial charge < -0.3 is 29.8 Å². The summed E-state index contributed by atoms with van der Waals surface area (Å²) in [6.07, 6.45) is 3.94. The van der Waals surface area contributed by atoms with E-state index in [1.165, 1.54) is 27.7 Å². The van der Waals surface area contributed by atoms with Gasteiger partial charge in [-0.05, 0) is 68.2 Å². The summed E-state index contributed by atoms with van der Waals surface area (Å²) in [5, 5.41) is 6.05. The van der Waals surface area contributed by atoms with Crippen LogP contribution >= 0.6 is 0 Å². The van der Waals surface area contributed by atoms with E-state index in [2.05, 4.69) is 15.6 Å². The molecule has 1 saturated carbocycles. The Morgan fingerprint density at radius 3 is 2.57 bits per heavy atom. The zero-order valence-corrected chi connectivity index (χ0v) is 28.2. The Balaban J connectivity index is 1.28. The number of hydrogen-bond acceptors (Lipinski definition) is 5. The van der Waals surface area contributed by atoms with E-state index in [4.69, 9.17) is 4.74 Å². The molecule has 4 aromatic rings. The fourth-order valence-electron chi connectivity index (χ4n) is 5.80. The van der Waals surface area contributed by atoms with Crippen LogP contribution in [-0.4, -0.2) is 58.2 Å². The average Bonchev–Trinajstić information content (AvgIpc) is 3.50. The van der Waals surface area contributed by atoms with Gasteiger partial charge in [0.1, 0.15) is 35.7 Å². The molecule has 0 radical (unpaired) electrons. The minimum absolute atomic E-state index is 0.0119. The number of allylic oxidation sites excluding steroid dienone is 1. The van der Waals surface area contributed by atoms with Crippen LogP contribution in [0.3, 0.4) is 0 Å². The highest BCUT2D eigenvalue weighted by Crippen LogP contribution is 2.36. The zero-order chi connectivity index (χ0) is 36.7. The summed E-state index contributed by atoms with van der Waals surface area (Å²) in [5.74, 6) is -5.93. The molecule has 1 atom stereocenters. The molecular formula is C37H39F4N5O5. The molecule has 51 heavy (non-hydrogen) atoms. The van der Waals surface area contributed by atoms with Gasteiger partial charge in [-0.25, -0.2) is 17.6 Å². The molecule has 1 unspecified atom stereocenters. The summed E-state index contributed by atoms with van der Waals surface area (Å²) in [5.41, 5.74) is 0.848. The van der Waals surface area contributed by atoms with Gasteiger partial charge in [-0.2, -0.15) is 0 Å². The van der Waals surface area contributed by atoms with Crippen LogP contribution in [0.4, 0.5) is 23.2 Å². The minimum atomic E-state index is -2.82. The molecular weight excluding hydrogens is 670 g/mol. The predicted octanol–water partition coefficient (Wildman–Crippen LogP) is 5.91. The predicted molar refractivity (Wildman–Crippen MR) is 183 cm³/mol. The van der Waals surface area contributed by atoms with Gasteiger partial charge in [0, 0.05) is 61.8 Å². The molecule has 2 aromatic carbocycles. The van der Waals surface area contributed by atoms with Crippen LogP contribution in [0.5, 0.6) is 5.75 Å². The van der Waals surface area contributed by atoms with Gasteiger partial charge in [-0.15, -0.1) is 0 Å². The molecule has 5 rings (SSSR count). The number of fused-ring (bicyclic) bond motifs is 1. The lowest BCUT2D eigenvalue weighted by molar-refractivity contribution is -0.132. The number of ether oxygens (including phenoxy) is 1. The molecule has 0 spiro atoms. The molecule has 2 aromatic heterocycles. The first kappa shape index (κ1) is 36.9. The number of carbonyl (C=O) groups is 3. The van der Waals surface area contributed by atoms with Crippen molar-refractivity contribution in [3.8, 4) is 5.75 Å². The summed E-state index contributed by atoms with van der Waals surface area (Å²) >= 11 is 0. The van der Waals surface area contributed by atoms with Crippen molar-refractivity contribution in [2.75, 3.05) is 19.4 Å². The molecule has 0 saturated heterocycles. The van der Waals surface area contributed by atoms with Crippen molar-refractivity contribution < 1.29 is 36.7 Å². The average molecular weight is 710 g/mol. The van der Waals surface area contributed by atoms with Crippen molar-refractivity contribution in [3.05, 3.63) is 106 Å². The maximum absolute atomic E-state index is 14.1. The molecule has 3 amide bonds. The summed E-state index contributed by atoms with van der Waals surface area (Å²) < 4.78 is 62.1. The normalized spacial score (nSPS) is 15.1. The quantitative estimate of drug-likeness (QED) is 0.118. The van der Waals surface area contributed by atoms with Gasteiger partial charge in [0.2, 0.25) is 23.6 Å². The number of benzene rings is 2. The van der Waals surface area contributed by atoms with Crippen molar-refractivity contribution >= 4 is 34.3 Å². The van der Waals surface area contributed by atoms with Crippen molar-refractivity contribution in [1.29, 1.82) is 0 Å². The Morgan fingerprint density at radius 1 is 1.08 bits per heavy atom. The SMILES string of the molecule is CN(C)C(=O)/C=C/CCC(NC(=O)C1CCC(F)(F)CC1)C(=O)Nc1cccn(Cc2cc3cccc(OCc4ccc(F)cc4F)c3[nH]2)c1=O. The van der Waals surface area contributed by atoms with E-state index >= 15 is 0 Å². The maximum atomic E-state index is 14.1. The van der Waals surface area contributed by atoms with Gasteiger partial charge in [0.05, 0.1) is 12.1 Å². The molecule has 270 valence electrons. The van der Waals surface area contributed by atoms with Crippen molar-refractivity contribution in [2.24, 2.45) is 5.92 Å². The third-order valence-corrected chi connectivity index (χ3v) is 8.73. The topological polar surface area (TPSA) is 126 Å². The largest absolute Gasteiger partial charge is 0.487 e. The van der Waals surface area contributed by atoms with Crippen LogP contribution < -0.4 is 20.9 Å². The first-order valence-corrected chi connectivity index (χ1v) is 16.5. The number of likely N-dealkylation sites (N-methyl/N-ethyl adjacent to an activating group) is 1. The number of aromatic amines is 1. The van der Waals surface area contributed by atoms with Crippen LogP contribution in [0.15, 0.2) is 77.7 Å². The van der Waals surface area contributed by atoms with Crippen molar-refractivity contribution in [2.45, 2.75) is 63.6 Å². The summed E-state index contributed by atoms with van der Waals surface area (Å²) in [7, 11) is 3.18. The fraction of sp³-hybridized carbons (Fsp3) is 0.351. The molecule has 2 heterocycles. The molecule has 1 aliphatic rings. The van der Waals surface area contributed by atoms with Crippen LogP contribution in [0.25, 0.3) is 10.9 Å². The molecule has 3 N–H and O–H groups in total. The number of nitrogens with zero attached hydrogens (tertiary/aromatic N) is 2. The number of hydrogen-bond donors (Lipinski definition) is 3. The summed E-state index contributed by atoms with van der Waals surface area (Å²) in [6, 6.07) is 12.3. The van der Waals surface area contributed by atoms with Crippen molar-refractivity contribution in [3.63, 3.8) is 0 Å². The lowest BCUT2D eigenvalue weighted by Gasteiger charge is -2.28. The summed E-state index contributed by atoms with van der Waals surface area (Å²) in [6.45, 7) is -0.0518. The van der Waals surface area contributed by atoms with E-state index in [9.17, 15) is 36.7 Å². The Kier molecular flexibility index (Phi) is 11.6. The molecule has 1 aliphatic carbocycles. The number of para-hydroxylation sites is 1. The van der Waals surface area contributed by atoms with E-state index in [0.29, 0.717) is 17.0 Å². The molecule has 10 nitrogen and oxygen atoms in total. The van der Waals surface area contributed by atoms with Crippen LogP contribution in [0.2, 0.25) is 0 Å². The van der Waals surface area contributed by atoms with E-state index < -0.39 is 59.7 Å². The second-order valence-electron chi connectivity index (χ2n) is 12.8. The number of H-pyrrole nitrogens is 1. The van der Waals surface area contributed by atoms with Gasteiger partial charge in [-0.3, -0.25) is 19.2 Å². The monoisotopic (exact) mass is 709 g/mol. The van der Waals surface area contributed by atoms with Crippen LogP contribution in [0, 0.1) is 17.6 Å². The Morgan fingerprint density at radius 2 is 1.84 bits per heavy atom. The number of rotatable bonds is 13. The molecule has 0 bridgehead atoms. The van der Waals surface area contributed by atoms with E-state index in [1.807, 2.05) is 12.1 Å². The number of nitrogens with one attached hydrogen (secondary N) is 3. The number of anilines is 1. The molecule has 1 fully saturated rings. The van der Waals surface area contributed by atoms with Crippen molar-refractivity contribution in [1.82, 2.24) is 19.8 Å². The number of aromatic nitrogens is 2. The van der Waals surface area contributed by atoms with Crippen LogP contribution in [-0.2, 0) is 27.5 Å². The lowest BCUT2D eigenvalue weighted by atomic mass is 9.86. The number of alkyl halides is 2. The van der Waals surface area contributed by atoms with E-state index in [0.717, 1.165) is 17.5 Å². The van der Waals surface area contributed by atoms with Gasteiger partial charge in [0.25, 0.3) is 5.56 Å². The third-order valence-electron chi connectivity index (χ3n) is 8.73. The Hall–Kier alpha value is -5.40. The highest BCUT2D eigenvalue weighted by atomic mass is 19.3. The Labute approximate surface area is 291 Å². The second kappa shape index (κ2) is 16.1. The Bertz CT molecular complexity index is 1980. The number of pyridine rings is 1. The van der Waals surface area contributed by atoms with E-state index in [1.54, 1.807) is 44.6 Å². The number of carbonyl (C=O) groups excluding carboxylic acids is 3. The molecule has 0 aliphatic heterocycles. The van der Waals surface area contributed by atoms with Gasteiger partial charge in [-0.1, -0.05) is 18.2 Å². The van der Waals surface area contributed by atoms with Gasteiger partial charge >= 0.3 is 0 Å². The molecule has 14 heteroatoms. The third kappa shape index (κ3) is 9.65. The smallest absolute Gasteiger partial charge is 0.274 e. The van der Waals surface area contributed by atoms with Crippen LogP contribution in [0.1, 0.15) is 49.8 Å². The minimum Gasteiger partial charge on any atom is -0.487 e. The first-order valence-electron chi connectivity index (χ1n) is 16.5. The first-order chi connectivity index (χ1) is 24.3. The number of amides is 3. The summed E-state index contributed by atoms with van der Waals surface area (Å²) in [4.78, 5) is 56.6. The second-order valence-corrected chi connectivity index (χ2v) is 12.8. The van der Waals surface area contributed by atoms with E-state index in [-0.39, 0.29) is 56.0 Å². The zero-order valence-electron chi connectivity index (χ0n) is 28.2. The highest BCUT2D eigenvalue weighted by molar-refractivity contribution is 5.97. The van der Waals surface area contributed by atoms with Gasteiger partial charge in [0.15, 0.2) is 0 Å². The highest BCUT2D eigenvalue weighted by Gasteiger charge is 2.38. The lowest BCUT2D eigenvalue weighted by Crippen LogP contribution is -2.47. The standard InChI is InChI=1S/C37H39F4N5O5/c1-45(2)32(47)11-4-3-8-29(43-34(48)23-14-16-37(40,41)17-15-23)35(49)44-30-9-6-18-46(36(30)50)21-27-19-24-7-5-10-31(33(24)42-27)51-22-25-12-13-26(38)20-28(25)39/h4-7,9-13,18-20,23,29,42H,3,8,14-17,21-22H2,1-2H3,(H,43,48)(H,44,49)/b11-4+. The number of halogens is 4. The fourth-order valence-corrected chi connectivity index (χ4v) is 5.80. The maximum Gasteiger partial charge on any atom is 0.274 e.